The summed E-state index contributed by atoms with van der Waals surface area (Å²) in [6.07, 6.45) is 7.54. The molecule has 24 heavy (non-hydrogen) atoms. The lowest BCUT2D eigenvalue weighted by Gasteiger charge is -2.17. The van der Waals surface area contributed by atoms with Crippen molar-refractivity contribution in [2.75, 3.05) is 13.1 Å². The maximum atomic E-state index is 12.4. The van der Waals surface area contributed by atoms with E-state index in [0.717, 1.165) is 25.2 Å². The topological polar surface area (TPSA) is 94.2 Å². The van der Waals surface area contributed by atoms with Crippen LogP contribution >= 0.6 is 0 Å². The number of carbonyl (C=O) groups is 1. The standard InChI is InChI=1S/C16H17N5O3/c22-16(11-6-17-3-4-18-11)21-7-10-5-12(23-13(10)8-21)15-20-19-14(24-15)9-1-2-9/h3-4,6,9-10,12-13H,1-2,5,7-8H2/t10-,12-,13+/m1/s1. The van der Waals surface area contributed by atoms with Gasteiger partial charge in [0.25, 0.3) is 5.91 Å². The number of carbonyl (C=O) groups excluding carboxylic acids is 1. The van der Waals surface area contributed by atoms with E-state index in [1.165, 1.54) is 12.4 Å². The van der Waals surface area contributed by atoms with Crippen molar-refractivity contribution in [2.24, 2.45) is 5.92 Å². The van der Waals surface area contributed by atoms with E-state index in [4.69, 9.17) is 9.15 Å². The number of nitrogens with zero attached hydrogens (tertiary/aromatic N) is 5. The Bertz CT molecular complexity index is 746. The van der Waals surface area contributed by atoms with Gasteiger partial charge in [-0.25, -0.2) is 4.98 Å². The summed E-state index contributed by atoms with van der Waals surface area (Å²) in [5, 5.41) is 8.27. The predicted molar refractivity (Wildman–Crippen MR) is 79.9 cm³/mol. The number of ether oxygens (including phenoxy) is 1. The SMILES string of the molecule is O=C(c1cnccn1)N1C[C@H]2C[C@H](c3nnc(C4CC4)o3)O[C@H]2C1. The zero-order chi connectivity index (χ0) is 16.1. The molecule has 0 radical (unpaired) electrons. The van der Waals surface area contributed by atoms with Crippen LogP contribution in [0.2, 0.25) is 0 Å². The minimum atomic E-state index is -0.145. The van der Waals surface area contributed by atoms with Gasteiger partial charge in [-0.2, -0.15) is 0 Å². The Balaban J connectivity index is 1.24. The number of amides is 1. The highest BCUT2D eigenvalue weighted by Crippen LogP contribution is 2.43. The van der Waals surface area contributed by atoms with Crippen molar-refractivity contribution in [1.29, 1.82) is 0 Å². The minimum Gasteiger partial charge on any atom is -0.422 e. The first-order chi connectivity index (χ1) is 11.8. The van der Waals surface area contributed by atoms with Crippen LogP contribution in [0.4, 0.5) is 0 Å². The van der Waals surface area contributed by atoms with Gasteiger partial charge in [0, 0.05) is 37.3 Å². The van der Waals surface area contributed by atoms with Crippen LogP contribution in [0.15, 0.2) is 23.0 Å². The molecule has 0 aromatic carbocycles. The van der Waals surface area contributed by atoms with Gasteiger partial charge < -0.3 is 14.1 Å². The molecule has 3 aliphatic rings. The van der Waals surface area contributed by atoms with E-state index in [9.17, 15) is 4.79 Å². The maximum Gasteiger partial charge on any atom is 0.274 e. The van der Waals surface area contributed by atoms with E-state index in [1.54, 1.807) is 11.1 Å². The van der Waals surface area contributed by atoms with Gasteiger partial charge in [0.05, 0.1) is 12.3 Å². The number of likely N-dealkylation sites (tertiary alicyclic amines) is 1. The van der Waals surface area contributed by atoms with Crippen molar-refractivity contribution in [3.05, 3.63) is 36.1 Å². The van der Waals surface area contributed by atoms with Crippen LogP contribution in [0.5, 0.6) is 0 Å². The Hall–Kier alpha value is -2.35. The van der Waals surface area contributed by atoms with Crippen molar-refractivity contribution in [1.82, 2.24) is 25.1 Å². The van der Waals surface area contributed by atoms with Crippen molar-refractivity contribution in [3.8, 4) is 0 Å². The normalized spacial score (nSPS) is 29.0. The van der Waals surface area contributed by atoms with Crippen molar-refractivity contribution >= 4 is 5.91 Å². The molecule has 1 saturated carbocycles. The minimum absolute atomic E-state index is 0.0203. The van der Waals surface area contributed by atoms with Crippen LogP contribution in [0.1, 0.15) is 53.6 Å². The molecule has 3 atom stereocenters. The summed E-state index contributed by atoms with van der Waals surface area (Å²) in [6.45, 7) is 1.24. The molecule has 8 nitrogen and oxygen atoms in total. The number of rotatable bonds is 3. The second-order valence-electron chi connectivity index (χ2n) is 6.71. The van der Waals surface area contributed by atoms with Gasteiger partial charge >= 0.3 is 0 Å². The first kappa shape index (κ1) is 14.0. The summed E-state index contributed by atoms with van der Waals surface area (Å²) in [4.78, 5) is 22.3. The average molecular weight is 327 g/mol. The molecule has 1 aliphatic carbocycles. The van der Waals surface area contributed by atoms with Gasteiger partial charge in [0.15, 0.2) is 0 Å². The van der Waals surface area contributed by atoms with Gasteiger partial charge in [-0.05, 0) is 19.3 Å². The molecule has 2 saturated heterocycles. The fourth-order valence-corrected chi connectivity index (χ4v) is 3.53. The Morgan fingerprint density at radius 1 is 1.17 bits per heavy atom. The fourth-order valence-electron chi connectivity index (χ4n) is 3.53. The van der Waals surface area contributed by atoms with Gasteiger partial charge in [-0.15, -0.1) is 10.2 Å². The van der Waals surface area contributed by atoms with Crippen molar-refractivity contribution < 1.29 is 13.9 Å². The summed E-state index contributed by atoms with van der Waals surface area (Å²) in [7, 11) is 0. The molecule has 0 unspecified atom stereocenters. The van der Waals surface area contributed by atoms with Crippen LogP contribution in [0.25, 0.3) is 0 Å². The van der Waals surface area contributed by atoms with Crippen LogP contribution in [-0.4, -0.2) is 50.2 Å². The molecular formula is C16H17N5O3. The van der Waals surface area contributed by atoms with Crippen LogP contribution < -0.4 is 0 Å². The third-order valence-electron chi connectivity index (χ3n) is 4.96. The van der Waals surface area contributed by atoms with Crippen LogP contribution in [0.3, 0.4) is 0 Å². The molecule has 0 bridgehead atoms. The lowest BCUT2D eigenvalue weighted by Crippen LogP contribution is -2.31. The van der Waals surface area contributed by atoms with Gasteiger partial charge in [0.2, 0.25) is 11.8 Å². The molecule has 124 valence electrons. The molecular weight excluding hydrogens is 310 g/mol. The van der Waals surface area contributed by atoms with E-state index in [2.05, 4.69) is 20.2 Å². The second-order valence-corrected chi connectivity index (χ2v) is 6.71. The first-order valence-electron chi connectivity index (χ1n) is 8.32. The van der Waals surface area contributed by atoms with E-state index in [0.29, 0.717) is 36.5 Å². The van der Waals surface area contributed by atoms with Gasteiger partial charge in [-0.1, -0.05) is 0 Å². The van der Waals surface area contributed by atoms with Crippen LogP contribution in [0, 0.1) is 5.92 Å². The van der Waals surface area contributed by atoms with Crippen molar-refractivity contribution in [3.63, 3.8) is 0 Å². The number of aromatic nitrogens is 4. The molecule has 8 heteroatoms. The number of hydrogen-bond donors (Lipinski definition) is 0. The average Bonchev–Trinajstić information content (AvgIpc) is 3.04. The van der Waals surface area contributed by atoms with E-state index in [1.807, 2.05) is 0 Å². The highest BCUT2D eigenvalue weighted by atomic mass is 16.5. The quantitative estimate of drug-likeness (QED) is 0.839. The molecule has 1 amide bonds. The zero-order valence-electron chi connectivity index (χ0n) is 13.0. The Labute approximate surface area is 138 Å². The van der Waals surface area contributed by atoms with Crippen molar-refractivity contribution in [2.45, 2.75) is 37.4 Å². The third-order valence-corrected chi connectivity index (χ3v) is 4.96. The lowest BCUT2D eigenvalue weighted by atomic mass is 10.0. The first-order valence-corrected chi connectivity index (χ1v) is 8.32. The van der Waals surface area contributed by atoms with E-state index >= 15 is 0 Å². The maximum absolute atomic E-state index is 12.4. The highest BCUT2D eigenvalue weighted by Gasteiger charge is 2.46. The third kappa shape index (κ3) is 2.37. The molecule has 5 rings (SSSR count). The van der Waals surface area contributed by atoms with Gasteiger partial charge in [-0.3, -0.25) is 9.78 Å². The van der Waals surface area contributed by atoms with E-state index in [-0.39, 0.29) is 18.1 Å². The molecule has 2 aromatic rings. The largest absolute Gasteiger partial charge is 0.422 e. The Morgan fingerprint density at radius 2 is 2.04 bits per heavy atom. The molecule has 3 fully saturated rings. The molecule has 0 spiro atoms. The fraction of sp³-hybridized carbons (Fsp3) is 0.562. The summed E-state index contributed by atoms with van der Waals surface area (Å²) < 4.78 is 11.8. The Morgan fingerprint density at radius 3 is 2.79 bits per heavy atom. The highest BCUT2D eigenvalue weighted by molar-refractivity contribution is 5.92. The smallest absolute Gasteiger partial charge is 0.274 e. The van der Waals surface area contributed by atoms with Gasteiger partial charge in [0.1, 0.15) is 11.8 Å². The second kappa shape index (κ2) is 5.34. The molecule has 2 aliphatic heterocycles. The predicted octanol–water partition coefficient (Wildman–Crippen LogP) is 1.34. The summed E-state index contributed by atoms with van der Waals surface area (Å²) in [5.41, 5.74) is 0.375. The molecule has 0 N–H and O–H groups in total. The molecule has 2 aromatic heterocycles. The Kier molecular flexibility index (Phi) is 3.12. The monoisotopic (exact) mass is 327 g/mol. The summed E-state index contributed by atoms with van der Waals surface area (Å²) in [5.74, 6) is 1.98. The molecule has 4 heterocycles. The number of fused-ring (bicyclic) bond motifs is 1. The van der Waals surface area contributed by atoms with Crippen LogP contribution in [-0.2, 0) is 4.74 Å². The zero-order valence-corrected chi connectivity index (χ0v) is 13.0. The number of hydrogen-bond acceptors (Lipinski definition) is 7. The lowest BCUT2D eigenvalue weighted by molar-refractivity contribution is 0.0221. The summed E-state index contributed by atoms with van der Waals surface area (Å²) in [6, 6.07) is 0. The summed E-state index contributed by atoms with van der Waals surface area (Å²) >= 11 is 0. The van der Waals surface area contributed by atoms with E-state index < -0.39 is 0 Å².